The van der Waals surface area contributed by atoms with Gasteiger partial charge in [-0.25, -0.2) is 0 Å². The van der Waals surface area contributed by atoms with Crippen molar-refractivity contribution >= 4 is 39.2 Å². The zero-order valence-electron chi connectivity index (χ0n) is 6.36. The zero-order chi connectivity index (χ0) is 9.98. The molecular weight excluding hydrogens is 294 g/mol. The first-order valence-electron chi connectivity index (χ1n) is 3.23. The Bertz CT molecular complexity index is 132. The van der Waals surface area contributed by atoms with E-state index in [-0.39, 0.29) is 12.8 Å². The van der Waals surface area contributed by atoms with Crippen molar-refractivity contribution in [1.82, 2.24) is 0 Å². The third-order valence-electron chi connectivity index (χ3n) is 1.03. The van der Waals surface area contributed by atoms with Gasteiger partial charge in [0.1, 0.15) is 0 Å². The van der Waals surface area contributed by atoms with E-state index >= 15 is 0 Å². The molecule has 0 rings (SSSR count). The fourth-order valence-electron chi connectivity index (χ4n) is 0.552. The first kappa shape index (κ1) is 14.5. The van der Waals surface area contributed by atoms with E-state index in [0.29, 0.717) is 12.8 Å². The Morgan fingerprint density at radius 1 is 0.917 bits per heavy atom. The molecule has 0 saturated heterocycles. The number of carbonyl (C=O) groups is 2. The Morgan fingerprint density at radius 3 is 1.33 bits per heavy atom. The van der Waals surface area contributed by atoms with E-state index in [0.717, 1.165) is 0 Å². The molecule has 0 radical (unpaired) electrons. The van der Waals surface area contributed by atoms with E-state index < -0.39 is 11.9 Å². The van der Waals surface area contributed by atoms with Crippen molar-refractivity contribution in [1.29, 1.82) is 0 Å². The van der Waals surface area contributed by atoms with E-state index in [4.69, 9.17) is 10.2 Å². The van der Waals surface area contributed by atoms with Gasteiger partial charge in [-0.15, -0.1) is 0 Å². The van der Waals surface area contributed by atoms with Crippen molar-refractivity contribution in [3.63, 3.8) is 0 Å². The first-order chi connectivity index (χ1) is 5.63. The molecule has 0 heterocycles. The number of rotatable bonds is 5. The molecule has 0 aliphatic carbocycles. The van der Waals surface area contributed by atoms with E-state index in [1.165, 1.54) is 0 Å². The van der Waals surface area contributed by atoms with E-state index in [9.17, 15) is 9.59 Å². The SMILES string of the molecule is O=C(O)CCCCC(=O)O.[Se]=[Se]. The molecule has 70 valence electrons. The molecule has 0 aliphatic heterocycles. The van der Waals surface area contributed by atoms with Crippen molar-refractivity contribution in [3.8, 4) is 0 Å². The van der Waals surface area contributed by atoms with Crippen LogP contribution in [0.5, 0.6) is 0 Å². The van der Waals surface area contributed by atoms with Gasteiger partial charge in [-0.3, -0.25) is 9.59 Å². The van der Waals surface area contributed by atoms with Gasteiger partial charge < -0.3 is 10.2 Å². The van der Waals surface area contributed by atoms with Crippen molar-refractivity contribution < 1.29 is 19.8 Å². The summed E-state index contributed by atoms with van der Waals surface area (Å²) < 4.78 is 0. The Labute approximate surface area is 84.8 Å². The van der Waals surface area contributed by atoms with Crippen LogP contribution in [-0.4, -0.2) is 49.5 Å². The second-order valence-electron chi connectivity index (χ2n) is 1.99. The topological polar surface area (TPSA) is 74.6 Å². The van der Waals surface area contributed by atoms with Crippen LogP contribution in [0.15, 0.2) is 0 Å². The number of hydrogen-bond acceptors (Lipinski definition) is 2. The molecule has 0 aromatic rings. The minimum absolute atomic E-state index is 0.0628. The van der Waals surface area contributed by atoms with Crippen LogP contribution in [0.4, 0.5) is 0 Å². The second-order valence-corrected chi connectivity index (χ2v) is 1.99. The monoisotopic (exact) mass is 306 g/mol. The molecular formula is C6H10O4Se2. The molecule has 2 N–H and O–H groups in total. The maximum atomic E-state index is 9.90. The molecule has 0 fully saturated rings. The predicted octanol–water partition coefficient (Wildman–Crippen LogP) is -0.0456. The Morgan fingerprint density at radius 2 is 1.17 bits per heavy atom. The molecule has 12 heavy (non-hydrogen) atoms. The predicted molar refractivity (Wildman–Crippen MR) is 45.2 cm³/mol. The molecule has 6 heteroatoms. The number of unbranched alkanes of at least 4 members (excludes halogenated alkanes) is 1. The van der Waals surface area contributed by atoms with E-state index in [1.54, 1.807) is 0 Å². The maximum absolute atomic E-state index is 9.90. The van der Waals surface area contributed by atoms with Crippen molar-refractivity contribution in [2.75, 3.05) is 0 Å². The zero-order valence-corrected chi connectivity index (χ0v) is 9.78. The summed E-state index contributed by atoms with van der Waals surface area (Å²) in [5.74, 6) is -1.74. The van der Waals surface area contributed by atoms with Gasteiger partial charge in [-0.1, -0.05) is 0 Å². The number of hydrogen-bond donors (Lipinski definition) is 2. The van der Waals surface area contributed by atoms with Gasteiger partial charge in [0, 0.05) is 12.8 Å². The summed E-state index contributed by atoms with van der Waals surface area (Å²) in [6.45, 7) is 0. The summed E-state index contributed by atoms with van der Waals surface area (Å²) in [4.78, 5) is 19.8. The van der Waals surface area contributed by atoms with Gasteiger partial charge in [0.05, 0.1) is 0 Å². The number of aliphatic carboxylic acids is 2. The second kappa shape index (κ2) is 11.0. The van der Waals surface area contributed by atoms with Crippen LogP contribution in [-0.2, 0) is 9.59 Å². The molecule has 4 nitrogen and oxygen atoms in total. The van der Waals surface area contributed by atoms with Crippen molar-refractivity contribution in [3.05, 3.63) is 0 Å². The van der Waals surface area contributed by atoms with Gasteiger partial charge in [0.15, 0.2) is 0 Å². The molecule has 0 saturated carbocycles. The van der Waals surface area contributed by atoms with Crippen LogP contribution in [0.3, 0.4) is 0 Å². The van der Waals surface area contributed by atoms with Gasteiger partial charge in [0.25, 0.3) is 0 Å². The standard InChI is InChI=1S/C6H10O4.Se2/c7-5(8)3-1-2-4-6(9)10;1-2/h1-4H2,(H,7,8)(H,9,10);. The molecule has 0 spiro atoms. The minimum atomic E-state index is -0.870. The summed E-state index contributed by atoms with van der Waals surface area (Å²) in [7, 11) is 0. The Kier molecular flexibility index (Phi) is 13.3. The number of carboxylic acid groups (broad SMARTS) is 2. The first-order valence-corrected chi connectivity index (χ1v) is 7.56. The van der Waals surface area contributed by atoms with Crippen LogP contribution < -0.4 is 0 Å². The van der Waals surface area contributed by atoms with Crippen LogP contribution in [0.2, 0.25) is 0 Å². The van der Waals surface area contributed by atoms with E-state index in [1.807, 2.05) is 0 Å². The van der Waals surface area contributed by atoms with Gasteiger partial charge in [0.2, 0.25) is 0 Å². The third-order valence-corrected chi connectivity index (χ3v) is 1.03. The third kappa shape index (κ3) is 16.5. The summed E-state index contributed by atoms with van der Waals surface area (Å²) in [5.41, 5.74) is 0. The average Bonchev–Trinajstić information content (AvgIpc) is 2.02. The van der Waals surface area contributed by atoms with Crippen LogP contribution >= 0.6 is 0 Å². The van der Waals surface area contributed by atoms with E-state index in [2.05, 4.69) is 27.3 Å². The molecule has 0 aliphatic rings. The summed E-state index contributed by atoms with van der Waals surface area (Å²) >= 11 is 5.00. The average molecular weight is 304 g/mol. The van der Waals surface area contributed by atoms with Gasteiger partial charge in [-0.05, 0) is 12.8 Å². The van der Waals surface area contributed by atoms with Crippen LogP contribution in [0.1, 0.15) is 25.7 Å². The number of carboxylic acids is 2. The van der Waals surface area contributed by atoms with Gasteiger partial charge >= 0.3 is 39.2 Å². The summed E-state index contributed by atoms with van der Waals surface area (Å²) in [6.07, 6.45) is 1.02. The van der Waals surface area contributed by atoms with Crippen LogP contribution in [0, 0.1) is 0 Å². The van der Waals surface area contributed by atoms with Crippen molar-refractivity contribution in [2.45, 2.75) is 25.7 Å². The Hall–Kier alpha value is -0.0210. The molecule has 0 atom stereocenters. The molecule has 0 bridgehead atoms. The summed E-state index contributed by atoms with van der Waals surface area (Å²) in [6, 6.07) is 0. The Balaban J connectivity index is 0. The normalized spacial score (nSPS) is 8.00. The fraction of sp³-hybridized carbons (Fsp3) is 0.667. The molecule has 0 aromatic heterocycles. The molecule has 0 amide bonds. The summed E-state index contributed by atoms with van der Waals surface area (Å²) in [5, 5.41) is 16.3. The fourth-order valence-corrected chi connectivity index (χ4v) is 0.552. The molecule has 0 aromatic carbocycles. The van der Waals surface area contributed by atoms with Crippen LogP contribution in [0.25, 0.3) is 0 Å². The molecule has 0 unspecified atom stereocenters. The van der Waals surface area contributed by atoms with Gasteiger partial charge in [-0.2, -0.15) is 0 Å². The quantitative estimate of drug-likeness (QED) is 0.552. The van der Waals surface area contributed by atoms with Crippen molar-refractivity contribution in [2.24, 2.45) is 0 Å².